The van der Waals surface area contributed by atoms with E-state index in [1.807, 2.05) is 12.1 Å². The van der Waals surface area contributed by atoms with Crippen molar-refractivity contribution in [3.8, 4) is 11.1 Å². The summed E-state index contributed by atoms with van der Waals surface area (Å²) in [5.41, 5.74) is 10.7. The zero-order valence-corrected chi connectivity index (χ0v) is 17.5. The fourth-order valence-corrected chi connectivity index (χ4v) is 4.92. The van der Waals surface area contributed by atoms with Gasteiger partial charge in [0.15, 0.2) is 0 Å². The van der Waals surface area contributed by atoms with Crippen molar-refractivity contribution in [1.29, 1.82) is 0 Å². The third-order valence-corrected chi connectivity index (χ3v) is 6.71. The van der Waals surface area contributed by atoms with Gasteiger partial charge in [-0.2, -0.15) is 0 Å². The highest BCUT2D eigenvalue weighted by molar-refractivity contribution is 5.97. The average Bonchev–Trinajstić information content (AvgIpc) is 3.44. The van der Waals surface area contributed by atoms with Gasteiger partial charge in [0.1, 0.15) is 6.04 Å². The number of nitrogens with one attached hydrogen (secondary N) is 3. The van der Waals surface area contributed by atoms with Gasteiger partial charge in [0.25, 0.3) is 11.8 Å². The maximum absolute atomic E-state index is 12.3. The molecule has 7 nitrogen and oxygen atoms in total. The summed E-state index contributed by atoms with van der Waals surface area (Å²) in [6, 6.07) is 15.4. The molecule has 6 N–H and O–H groups in total. The van der Waals surface area contributed by atoms with Crippen molar-refractivity contribution >= 4 is 11.8 Å². The predicted octanol–water partition coefficient (Wildman–Crippen LogP) is 2.19. The minimum atomic E-state index is -0.988. The van der Waals surface area contributed by atoms with E-state index >= 15 is 0 Å². The van der Waals surface area contributed by atoms with E-state index in [1.165, 1.54) is 36.7 Å². The molecule has 0 heterocycles. The molecule has 2 aliphatic rings. The fourth-order valence-electron chi connectivity index (χ4n) is 4.92. The van der Waals surface area contributed by atoms with Crippen LogP contribution in [0.2, 0.25) is 0 Å². The minimum absolute atomic E-state index is 0.112. The normalized spacial score (nSPS) is 22.8. The topological polar surface area (TPSA) is 116 Å². The largest absolute Gasteiger partial charge is 0.339 e. The van der Waals surface area contributed by atoms with E-state index < -0.39 is 17.9 Å². The number of hydroxylamine groups is 1. The molecule has 1 unspecified atom stereocenters. The third kappa shape index (κ3) is 4.95. The van der Waals surface area contributed by atoms with Crippen molar-refractivity contribution in [3.63, 3.8) is 0 Å². The molecule has 2 bridgehead atoms. The first-order chi connectivity index (χ1) is 15.1. The van der Waals surface area contributed by atoms with E-state index in [4.69, 9.17) is 10.9 Å². The zero-order chi connectivity index (χ0) is 21.8. The zero-order valence-electron chi connectivity index (χ0n) is 17.5. The molecule has 2 fully saturated rings. The Bertz CT molecular complexity index is 913. The number of rotatable bonds is 8. The van der Waals surface area contributed by atoms with E-state index in [0.29, 0.717) is 11.6 Å². The van der Waals surface area contributed by atoms with Gasteiger partial charge in [0, 0.05) is 24.7 Å². The Labute approximate surface area is 182 Å². The maximum atomic E-state index is 12.3. The highest BCUT2D eigenvalue weighted by Gasteiger charge is 2.38. The lowest BCUT2D eigenvalue weighted by Crippen LogP contribution is -2.50. The standard InChI is InChI=1S/C24H30N4O3/c25-13-22(24(30)28-31)27-23(29)19-9-7-18(8-10-19)17-4-1-15(2-5-17)14-26-21-12-16-3-6-20(21)11-16/h1-2,4-5,7-10,16,20-22,26,31H,3,6,11-14,25H2,(H,27,29)(H,28,30)/t16-,20+,21?,22+/m1/s1. The second-order valence-electron chi connectivity index (χ2n) is 8.67. The van der Waals surface area contributed by atoms with Crippen LogP contribution >= 0.6 is 0 Å². The summed E-state index contributed by atoms with van der Waals surface area (Å²) in [6.07, 6.45) is 5.55. The lowest BCUT2D eigenvalue weighted by molar-refractivity contribution is -0.130. The molecular weight excluding hydrogens is 392 g/mol. The van der Waals surface area contributed by atoms with Gasteiger partial charge in [0.2, 0.25) is 0 Å². The van der Waals surface area contributed by atoms with E-state index in [9.17, 15) is 9.59 Å². The Morgan fingerprint density at radius 1 is 1.00 bits per heavy atom. The van der Waals surface area contributed by atoms with Crippen LogP contribution < -0.4 is 21.8 Å². The quantitative estimate of drug-likeness (QED) is 0.330. The molecule has 7 heteroatoms. The molecule has 164 valence electrons. The minimum Gasteiger partial charge on any atom is -0.339 e. The Kier molecular flexibility index (Phi) is 6.65. The number of hydrogen-bond donors (Lipinski definition) is 5. The van der Waals surface area contributed by atoms with Gasteiger partial charge in [-0.25, -0.2) is 5.48 Å². The molecule has 0 aromatic heterocycles. The van der Waals surface area contributed by atoms with Gasteiger partial charge in [-0.1, -0.05) is 42.8 Å². The molecule has 2 aromatic rings. The molecule has 0 aliphatic heterocycles. The highest BCUT2D eigenvalue weighted by Crippen LogP contribution is 2.44. The number of carbonyl (C=O) groups is 2. The van der Waals surface area contributed by atoms with Gasteiger partial charge in [-0.05, 0) is 59.9 Å². The van der Waals surface area contributed by atoms with E-state index in [2.05, 4.69) is 34.9 Å². The molecule has 4 atom stereocenters. The lowest BCUT2D eigenvalue weighted by atomic mass is 9.95. The summed E-state index contributed by atoms with van der Waals surface area (Å²) in [5.74, 6) is 0.649. The molecule has 2 aliphatic carbocycles. The summed E-state index contributed by atoms with van der Waals surface area (Å²) in [5, 5.41) is 15.0. The Hall–Kier alpha value is -2.74. The Morgan fingerprint density at radius 3 is 2.23 bits per heavy atom. The van der Waals surface area contributed by atoms with Crippen molar-refractivity contribution in [1.82, 2.24) is 16.1 Å². The molecule has 0 spiro atoms. The van der Waals surface area contributed by atoms with E-state index in [0.717, 1.165) is 29.5 Å². The van der Waals surface area contributed by atoms with Gasteiger partial charge < -0.3 is 16.4 Å². The van der Waals surface area contributed by atoms with Crippen LogP contribution in [0.3, 0.4) is 0 Å². The smallest absolute Gasteiger partial charge is 0.267 e. The van der Waals surface area contributed by atoms with Gasteiger partial charge in [0.05, 0.1) is 0 Å². The molecule has 0 radical (unpaired) electrons. The molecule has 2 amide bonds. The van der Waals surface area contributed by atoms with Crippen molar-refractivity contribution in [3.05, 3.63) is 59.7 Å². The molecule has 4 rings (SSSR count). The molecule has 0 saturated heterocycles. The molecule has 31 heavy (non-hydrogen) atoms. The number of amides is 2. The monoisotopic (exact) mass is 422 g/mol. The third-order valence-electron chi connectivity index (χ3n) is 6.71. The van der Waals surface area contributed by atoms with Gasteiger partial charge >= 0.3 is 0 Å². The fraction of sp³-hybridized carbons (Fsp3) is 0.417. The van der Waals surface area contributed by atoms with Crippen LogP contribution in [0, 0.1) is 11.8 Å². The van der Waals surface area contributed by atoms with Crippen LogP contribution in [0.1, 0.15) is 41.6 Å². The van der Waals surface area contributed by atoms with Crippen LogP contribution in [0.4, 0.5) is 0 Å². The average molecular weight is 423 g/mol. The lowest BCUT2D eigenvalue weighted by Gasteiger charge is -2.23. The van der Waals surface area contributed by atoms with Gasteiger partial charge in [-0.3, -0.25) is 14.8 Å². The summed E-state index contributed by atoms with van der Waals surface area (Å²) in [6.45, 7) is 0.788. The summed E-state index contributed by atoms with van der Waals surface area (Å²) in [4.78, 5) is 23.8. The predicted molar refractivity (Wildman–Crippen MR) is 118 cm³/mol. The van der Waals surface area contributed by atoms with Crippen molar-refractivity contribution in [2.45, 2.75) is 44.3 Å². The van der Waals surface area contributed by atoms with Crippen molar-refractivity contribution in [2.24, 2.45) is 17.6 Å². The van der Waals surface area contributed by atoms with E-state index in [1.54, 1.807) is 12.1 Å². The number of carbonyl (C=O) groups excluding carboxylic acids is 2. The number of nitrogens with two attached hydrogens (primary N) is 1. The number of fused-ring (bicyclic) bond motifs is 2. The molecular formula is C24H30N4O3. The summed E-state index contributed by atoms with van der Waals surface area (Å²) >= 11 is 0. The van der Waals surface area contributed by atoms with Crippen molar-refractivity contribution in [2.75, 3.05) is 6.54 Å². The molecule has 2 saturated carbocycles. The second-order valence-corrected chi connectivity index (χ2v) is 8.67. The van der Waals surface area contributed by atoms with Crippen LogP contribution in [0.25, 0.3) is 11.1 Å². The summed E-state index contributed by atoms with van der Waals surface area (Å²) in [7, 11) is 0. The van der Waals surface area contributed by atoms with Crippen LogP contribution in [0.5, 0.6) is 0 Å². The first kappa shape index (κ1) is 21.5. The highest BCUT2D eigenvalue weighted by atomic mass is 16.5. The number of hydrogen-bond acceptors (Lipinski definition) is 5. The van der Waals surface area contributed by atoms with Crippen LogP contribution in [-0.4, -0.2) is 35.7 Å². The first-order valence-electron chi connectivity index (χ1n) is 10.9. The molecule has 2 aromatic carbocycles. The van der Waals surface area contributed by atoms with Crippen molar-refractivity contribution < 1.29 is 14.8 Å². The second kappa shape index (κ2) is 9.60. The Morgan fingerprint density at radius 2 is 1.68 bits per heavy atom. The maximum Gasteiger partial charge on any atom is 0.267 e. The van der Waals surface area contributed by atoms with Crippen LogP contribution in [0.15, 0.2) is 48.5 Å². The van der Waals surface area contributed by atoms with E-state index in [-0.39, 0.29) is 6.54 Å². The Balaban J connectivity index is 1.33. The SMILES string of the molecule is NC[C@H](NC(=O)c1ccc(-c2ccc(CNC3C[C@@H]4CC[C@H]3C4)cc2)cc1)C(=O)NO. The number of benzene rings is 2. The summed E-state index contributed by atoms with van der Waals surface area (Å²) < 4.78 is 0. The van der Waals surface area contributed by atoms with Gasteiger partial charge in [-0.15, -0.1) is 0 Å². The first-order valence-corrected chi connectivity index (χ1v) is 10.9. The van der Waals surface area contributed by atoms with Crippen LogP contribution in [-0.2, 0) is 11.3 Å².